The number of nitrogens with zero attached hydrogens (tertiary/aromatic N) is 2. The molecule has 0 aliphatic carbocycles. The molecule has 0 aliphatic rings. The number of aromatic nitrogens is 1. The van der Waals surface area contributed by atoms with E-state index in [4.69, 9.17) is 4.74 Å². The van der Waals surface area contributed by atoms with E-state index in [9.17, 15) is 18.0 Å². The number of carbonyl (C=O) groups is 2. The van der Waals surface area contributed by atoms with E-state index in [0.29, 0.717) is 5.00 Å². The lowest BCUT2D eigenvalue weighted by Gasteiger charge is -2.14. The van der Waals surface area contributed by atoms with Crippen molar-refractivity contribution in [3.8, 4) is 0 Å². The van der Waals surface area contributed by atoms with Crippen LogP contribution < -0.4 is 5.32 Å². The Balaban J connectivity index is 2.10. The molecule has 1 amide bonds. The first kappa shape index (κ1) is 20.0. The maximum Gasteiger partial charge on any atom is 0.367 e. The number of benzene rings is 1. The highest BCUT2D eigenvalue weighted by Gasteiger charge is 2.21. The van der Waals surface area contributed by atoms with E-state index in [2.05, 4.69) is 15.1 Å². The molecule has 0 aliphatic heterocycles. The van der Waals surface area contributed by atoms with E-state index in [-0.39, 0.29) is 22.1 Å². The predicted octanol–water partition coefficient (Wildman–Crippen LogP) is 1.75. The van der Waals surface area contributed by atoms with Crippen LogP contribution in [-0.4, -0.2) is 50.5 Å². The number of carbonyl (C=O) groups excluding carboxylic acids is 2. The van der Waals surface area contributed by atoms with Gasteiger partial charge < -0.3 is 10.1 Å². The molecule has 1 aromatic heterocycles. The number of anilines is 1. The molecule has 140 valence electrons. The van der Waals surface area contributed by atoms with Gasteiger partial charge in [0, 0.05) is 12.6 Å². The summed E-state index contributed by atoms with van der Waals surface area (Å²) < 4.78 is 29.8. The molecule has 1 N–H and O–H groups in total. The van der Waals surface area contributed by atoms with Gasteiger partial charge in [-0.25, -0.2) is 18.2 Å². The Bertz CT molecular complexity index is 892. The molecule has 26 heavy (non-hydrogen) atoms. The average Bonchev–Trinajstić information content (AvgIpc) is 3.09. The van der Waals surface area contributed by atoms with E-state index in [1.807, 2.05) is 0 Å². The van der Waals surface area contributed by atoms with Crippen LogP contribution in [0.1, 0.15) is 27.1 Å². The second-order valence-electron chi connectivity index (χ2n) is 4.83. The number of hydroxylamine groups is 1. The van der Waals surface area contributed by atoms with Crippen molar-refractivity contribution in [3.63, 3.8) is 0 Å². The molecule has 0 bridgehead atoms. The van der Waals surface area contributed by atoms with E-state index < -0.39 is 21.9 Å². The number of thiazole rings is 1. The first-order chi connectivity index (χ1) is 12.3. The summed E-state index contributed by atoms with van der Waals surface area (Å²) in [6, 6.07) is 5.35. The highest BCUT2D eigenvalue weighted by molar-refractivity contribution is 7.89. The summed E-state index contributed by atoms with van der Waals surface area (Å²) in [4.78, 5) is 32.4. The van der Waals surface area contributed by atoms with Gasteiger partial charge in [-0.1, -0.05) is 15.8 Å². The molecule has 0 radical (unpaired) electrons. The van der Waals surface area contributed by atoms with Gasteiger partial charge in [-0.15, -0.1) is 0 Å². The Morgan fingerprint density at radius 3 is 2.50 bits per heavy atom. The first-order valence-corrected chi connectivity index (χ1v) is 9.62. The zero-order valence-electron chi connectivity index (χ0n) is 14.3. The van der Waals surface area contributed by atoms with Gasteiger partial charge in [-0.2, -0.15) is 0 Å². The molecule has 0 atom stereocenters. The summed E-state index contributed by atoms with van der Waals surface area (Å²) in [5.41, 5.74) is 0.245. The standard InChI is InChI=1S/C15H17N3O6S2/c1-4-24-15(20)14-16-9-12(25-14)17-13(19)10-5-7-11(8-6-10)26(21,22)18(2)23-3/h5-9H,4H2,1-3H3,(H,17,19). The van der Waals surface area contributed by atoms with Crippen LogP contribution in [0, 0.1) is 0 Å². The second kappa shape index (κ2) is 8.36. The fourth-order valence-corrected chi connectivity index (χ4v) is 3.51. The summed E-state index contributed by atoms with van der Waals surface area (Å²) in [6.45, 7) is 1.91. The van der Waals surface area contributed by atoms with Crippen molar-refractivity contribution in [1.82, 2.24) is 9.45 Å². The van der Waals surface area contributed by atoms with E-state index >= 15 is 0 Å². The number of hydrogen-bond acceptors (Lipinski definition) is 8. The molecule has 0 saturated heterocycles. The number of sulfonamides is 1. The van der Waals surface area contributed by atoms with Gasteiger partial charge in [-0.3, -0.25) is 9.63 Å². The Labute approximate surface area is 154 Å². The molecule has 9 nitrogen and oxygen atoms in total. The van der Waals surface area contributed by atoms with Gasteiger partial charge in [0.15, 0.2) is 0 Å². The minimum Gasteiger partial charge on any atom is -0.461 e. The molecule has 0 spiro atoms. The topological polar surface area (TPSA) is 115 Å². The lowest BCUT2D eigenvalue weighted by Crippen LogP contribution is -2.25. The molecular weight excluding hydrogens is 382 g/mol. The molecule has 2 rings (SSSR count). The van der Waals surface area contributed by atoms with Gasteiger partial charge in [0.05, 0.1) is 24.8 Å². The summed E-state index contributed by atoms with van der Waals surface area (Å²) in [6.07, 6.45) is 1.35. The number of rotatable bonds is 7. The third kappa shape index (κ3) is 4.43. The van der Waals surface area contributed by atoms with Gasteiger partial charge in [0.25, 0.3) is 15.9 Å². The number of amides is 1. The van der Waals surface area contributed by atoms with Crippen LogP contribution in [0.2, 0.25) is 0 Å². The van der Waals surface area contributed by atoms with Crippen LogP contribution in [0.4, 0.5) is 5.00 Å². The predicted molar refractivity (Wildman–Crippen MR) is 94.4 cm³/mol. The average molecular weight is 399 g/mol. The summed E-state index contributed by atoms with van der Waals surface area (Å²) in [5.74, 6) is -1.03. The van der Waals surface area contributed by atoms with Crippen molar-refractivity contribution in [2.45, 2.75) is 11.8 Å². The van der Waals surface area contributed by atoms with Crippen LogP contribution in [0.3, 0.4) is 0 Å². The highest BCUT2D eigenvalue weighted by atomic mass is 32.2. The summed E-state index contributed by atoms with van der Waals surface area (Å²) in [5, 5.41) is 3.09. The highest BCUT2D eigenvalue weighted by Crippen LogP contribution is 2.21. The Hall–Kier alpha value is -2.34. The van der Waals surface area contributed by atoms with Crippen LogP contribution in [0.15, 0.2) is 35.4 Å². The fourth-order valence-electron chi connectivity index (χ4n) is 1.83. The SMILES string of the molecule is CCOC(=O)c1ncc(NC(=O)c2ccc(S(=O)(=O)N(C)OC)cc2)s1. The zero-order chi connectivity index (χ0) is 19.3. The maximum atomic E-state index is 12.2. The van der Waals surface area contributed by atoms with Gasteiger partial charge in [0.1, 0.15) is 5.00 Å². The first-order valence-electron chi connectivity index (χ1n) is 7.37. The second-order valence-corrected chi connectivity index (χ2v) is 7.79. The molecular formula is C15H17N3O6S2. The zero-order valence-corrected chi connectivity index (χ0v) is 15.9. The van der Waals surface area contributed by atoms with E-state index in [1.165, 1.54) is 44.6 Å². The largest absolute Gasteiger partial charge is 0.461 e. The maximum absolute atomic E-state index is 12.2. The van der Waals surface area contributed by atoms with E-state index in [0.717, 1.165) is 15.8 Å². The lowest BCUT2D eigenvalue weighted by atomic mass is 10.2. The van der Waals surface area contributed by atoms with Crippen molar-refractivity contribution >= 4 is 38.2 Å². The summed E-state index contributed by atoms with van der Waals surface area (Å²) >= 11 is 0.982. The number of hydrogen-bond donors (Lipinski definition) is 1. The normalized spacial score (nSPS) is 11.4. The van der Waals surface area contributed by atoms with Crippen LogP contribution in [-0.2, 0) is 19.6 Å². The minimum absolute atomic E-state index is 0.0132. The number of esters is 1. The molecule has 2 aromatic rings. The van der Waals surface area contributed by atoms with E-state index in [1.54, 1.807) is 6.92 Å². The monoisotopic (exact) mass is 399 g/mol. The van der Waals surface area contributed by atoms with Crippen molar-refractivity contribution in [2.75, 3.05) is 26.1 Å². The molecule has 1 heterocycles. The molecule has 0 fully saturated rings. The smallest absolute Gasteiger partial charge is 0.367 e. The Kier molecular flexibility index (Phi) is 6.42. The Morgan fingerprint density at radius 1 is 1.27 bits per heavy atom. The molecule has 11 heteroatoms. The van der Waals surface area contributed by atoms with Gasteiger partial charge >= 0.3 is 5.97 Å². The van der Waals surface area contributed by atoms with Crippen LogP contribution in [0.5, 0.6) is 0 Å². The molecule has 0 saturated carbocycles. The lowest BCUT2D eigenvalue weighted by molar-refractivity contribution is -0.0258. The van der Waals surface area contributed by atoms with Crippen molar-refractivity contribution in [3.05, 3.63) is 41.0 Å². The number of ether oxygens (including phenoxy) is 1. The molecule has 0 unspecified atom stereocenters. The summed E-state index contributed by atoms with van der Waals surface area (Å²) in [7, 11) is -1.28. The fraction of sp³-hybridized carbons (Fsp3) is 0.267. The van der Waals surface area contributed by atoms with Crippen molar-refractivity contribution in [1.29, 1.82) is 0 Å². The van der Waals surface area contributed by atoms with Crippen molar-refractivity contribution in [2.24, 2.45) is 0 Å². The Morgan fingerprint density at radius 2 is 1.92 bits per heavy atom. The third-order valence-electron chi connectivity index (χ3n) is 3.20. The van der Waals surface area contributed by atoms with Crippen LogP contribution in [0.25, 0.3) is 0 Å². The van der Waals surface area contributed by atoms with Crippen molar-refractivity contribution < 1.29 is 27.6 Å². The third-order valence-corrected chi connectivity index (χ3v) is 5.79. The van der Waals surface area contributed by atoms with Gasteiger partial charge in [-0.05, 0) is 31.2 Å². The minimum atomic E-state index is -3.78. The number of nitrogens with one attached hydrogen (secondary N) is 1. The van der Waals surface area contributed by atoms with Crippen LogP contribution >= 0.6 is 11.3 Å². The quantitative estimate of drug-likeness (QED) is 0.557. The van der Waals surface area contributed by atoms with Gasteiger partial charge in [0.2, 0.25) is 5.01 Å². The molecule has 1 aromatic carbocycles.